The summed E-state index contributed by atoms with van der Waals surface area (Å²) in [5, 5.41) is 3.00. The van der Waals surface area contributed by atoms with Crippen molar-refractivity contribution in [3.8, 4) is 5.75 Å². The zero-order valence-corrected chi connectivity index (χ0v) is 15.7. The number of carbonyl (C=O) groups is 1. The Morgan fingerprint density at radius 1 is 1.21 bits per heavy atom. The van der Waals surface area contributed by atoms with Gasteiger partial charge >= 0.3 is 0 Å². The molecule has 0 unspecified atom stereocenters. The van der Waals surface area contributed by atoms with Crippen molar-refractivity contribution in [2.24, 2.45) is 11.7 Å². The summed E-state index contributed by atoms with van der Waals surface area (Å²) in [6.07, 6.45) is 5.73. The summed E-state index contributed by atoms with van der Waals surface area (Å²) >= 11 is 0. The first-order chi connectivity index (χ1) is 11.0. The van der Waals surface area contributed by atoms with Crippen LogP contribution in [0.1, 0.15) is 51.5 Å². The number of rotatable bonds is 7. The van der Waals surface area contributed by atoms with E-state index in [0.717, 1.165) is 44.5 Å². The molecule has 1 aliphatic rings. The normalized spacial score (nSPS) is 16.3. The predicted molar refractivity (Wildman–Crippen MR) is 101 cm³/mol. The molecule has 1 aromatic carbocycles. The zero-order chi connectivity index (χ0) is 16.7. The fourth-order valence-electron chi connectivity index (χ4n) is 2.92. The maximum absolute atomic E-state index is 12.3. The lowest BCUT2D eigenvalue weighted by Crippen LogP contribution is -2.55. The number of ether oxygens (including phenoxy) is 1. The summed E-state index contributed by atoms with van der Waals surface area (Å²) < 4.78 is 5.67. The highest BCUT2D eigenvalue weighted by Gasteiger charge is 2.34. The van der Waals surface area contributed by atoms with Crippen molar-refractivity contribution in [3.05, 3.63) is 29.8 Å². The summed E-state index contributed by atoms with van der Waals surface area (Å²) in [5.41, 5.74) is 6.78. The largest absolute Gasteiger partial charge is 0.493 e. The molecule has 24 heavy (non-hydrogen) atoms. The lowest BCUT2D eigenvalue weighted by Gasteiger charge is -2.31. The molecule has 0 radical (unpaired) electrons. The van der Waals surface area contributed by atoms with Gasteiger partial charge in [-0.15, -0.1) is 12.4 Å². The monoisotopic (exact) mass is 354 g/mol. The van der Waals surface area contributed by atoms with Crippen LogP contribution in [0, 0.1) is 5.92 Å². The summed E-state index contributed by atoms with van der Waals surface area (Å²) in [4.78, 5) is 12.3. The van der Waals surface area contributed by atoms with Gasteiger partial charge in [0, 0.05) is 6.54 Å². The van der Waals surface area contributed by atoms with Gasteiger partial charge in [0.1, 0.15) is 5.75 Å². The van der Waals surface area contributed by atoms with E-state index in [1.807, 2.05) is 12.1 Å². The highest BCUT2D eigenvalue weighted by Crippen LogP contribution is 2.25. The van der Waals surface area contributed by atoms with E-state index in [1.54, 1.807) is 0 Å². The number of hydrogen-bond acceptors (Lipinski definition) is 3. The minimum Gasteiger partial charge on any atom is -0.493 e. The number of benzene rings is 1. The van der Waals surface area contributed by atoms with Gasteiger partial charge in [-0.05, 0) is 42.9 Å². The molecule has 1 fully saturated rings. The van der Waals surface area contributed by atoms with Crippen molar-refractivity contribution in [2.45, 2.75) is 57.9 Å². The molecule has 136 valence electrons. The Labute approximate surface area is 151 Å². The molecule has 2 rings (SSSR count). The van der Waals surface area contributed by atoms with Crippen LogP contribution in [-0.2, 0) is 11.2 Å². The quantitative estimate of drug-likeness (QED) is 0.788. The van der Waals surface area contributed by atoms with Crippen molar-refractivity contribution in [2.75, 3.05) is 13.2 Å². The minimum absolute atomic E-state index is 0. The third-order valence-corrected chi connectivity index (χ3v) is 4.40. The van der Waals surface area contributed by atoms with Gasteiger partial charge in [-0.3, -0.25) is 4.79 Å². The van der Waals surface area contributed by atoms with Crippen molar-refractivity contribution in [1.29, 1.82) is 0 Å². The van der Waals surface area contributed by atoms with Gasteiger partial charge in [-0.2, -0.15) is 0 Å². The molecular formula is C19H31ClN2O2. The first kappa shape index (κ1) is 20.8. The lowest BCUT2D eigenvalue weighted by molar-refractivity contribution is -0.127. The second-order valence-corrected chi connectivity index (χ2v) is 7.07. The van der Waals surface area contributed by atoms with Gasteiger partial charge in [-0.25, -0.2) is 0 Å². The standard InChI is InChI=1S/C19H30N2O2.ClH/c1-15(2)14-23-17-8-6-16(7-9-17)10-13-21-18(22)19(20)11-4-3-5-12-19;/h6-9,15H,3-5,10-14,20H2,1-2H3,(H,21,22);1H. The Morgan fingerprint density at radius 2 is 1.83 bits per heavy atom. The Kier molecular flexibility index (Phi) is 8.57. The summed E-state index contributed by atoms with van der Waals surface area (Å²) in [5.74, 6) is 1.43. The van der Waals surface area contributed by atoms with Crippen molar-refractivity contribution < 1.29 is 9.53 Å². The number of carbonyl (C=O) groups excluding carboxylic acids is 1. The molecule has 0 aromatic heterocycles. The number of amides is 1. The van der Waals surface area contributed by atoms with E-state index >= 15 is 0 Å². The van der Waals surface area contributed by atoms with Crippen LogP contribution in [0.5, 0.6) is 5.75 Å². The maximum atomic E-state index is 12.3. The molecule has 0 saturated heterocycles. The molecule has 4 nitrogen and oxygen atoms in total. The Hall–Kier alpha value is -1.26. The Balaban J connectivity index is 0.00000288. The fraction of sp³-hybridized carbons (Fsp3) is 0.632. The van der Waals surface area contributed by atoms with Gasteiger partial charge in [0.2, 0.25) is 5.91 Å². The molecule has 0 atom stereocenters. The van der Waals surface area contributed by atoms with Gasteiger partial charge in [0.05, 0.1) is 12.1 Å². The van der Waals surface area contributed by atoms with E-state index in [1.165, 1.54) is 12.0 Å². The van der Waals surface area contributed by atoms with E-state index in [2.05, 4.69) is 31.3 Å². The SMILES string of the molecule is CC(C)COc1ccc(CCNC(=O)C2(N)CCCCC2)cc1.Cl. The second-order valence-electron chi connectivity index (χ2n) is 7.07. The maximum Gasteiger partial charge on any atom is 0.240 e. The average Bonchev–Trinajstić information content (AvgIpc) is 2.54. The van der Waals surface area contributed by atoms with Crippen LogP contribution in [0.4, 0.5) is 0 Å². The van der Waals surface area contributed by atoms with Gasteiger partial charge in [0.25, 0.3) is 0 Å². The van der Waals surface area contributed by atoms with Crippen LogP contribution in [0.25, 0.3) is 0 Å². The minimum atomic E-state index is -0.646. The topological polar surface area (TPSA) is 64.3 Å². The van der Waals surface area contributed by atoms with Crippen LogP contribution < -0.4 is 15.8 Å². The third-order valence-electron chi connectivity index (χ3n) is 4.40. The zero-order valence-electron chi connectivity index (χ0n) is 14.8. The third kappa shape index (κ3) is 6.33. The van der Waals surface area contributed by atoms with Crippen LogP contribution in [0.2, 0.25) is 0 Å². The molecule has 1 amide bonds. The Bertz CT molecular complexity index is 497. The number of hydrogen-bond donors (Lipinski definition) is 2. The predicted octanol–water partition coefficient (Wildman–Crippen LogP) is 3.46. The molecule has 0 spiro atoms. The van der Waals surface area contributed by atoms with Crippen LogP contribution in [0.3, 0.4) is 0 Å². The van der Waals surface area contributed by atoms with Crippen molar-refractivity contribution in [3.63, 3.8) is 0 Å². The van der Waals surface area contributed by atoms with Crippen LogP contribution in [0.15, 0.2) is 24.3 Å². The van der Waals surface area contributed by atoms with Gasteiger partial charge in [0.15, 0.2) is 0 Å². The fourth-order valence-corrected chi connectivity index (χ4v) is 2.92. The average molecular weight is 355 g/mol. The molecule has 0 heterocycles. The van der Waals surface area contributed by atoms with Crippen molar-refractivity contribution >= 4 is 18.3 Å². The molecule has 1 saturated carbocycles. The first-order valence-electron chi connectivity index (χ1n) is 8.78. The second kappa shape index (κ2) is 9.90. The summed E-state index contributed by atoms with van der Waals surface area (Å²) in [6.45, 7) is 5.62. The highest BCUT2D eigenvalue weighted by molar-refractivity contribution is 5.86. The molecule has 1 aromatic rings. The molecule has 0 bridgehead atoms. The molecule has 5 heteroatoms. The van der Waals surface area contributed by atoms with Crippen LogP contribution >= 0.6 is 12.4 Å². The number of nitrogens with two attached hydrogens (primary N) is 1. The van der Waals surface area contributed by atoms with Crippen molar-refractivity contribution in [1.82, 2.24) is 5.32 Å². The van der Waals surface area contributed by atoms with E-state index in [0.29, 0.717) is 12.5 Å². The van der Waals surface area contributed by atoms with E-state index in [9.17, 15) is 4.79 Å². The lowest BCUT2D eigenvalue weighted by atomic mass is 9.82. The first-order valence-corrected chi connectivity index (χ1v) is 8.78. The van der Waals surface area contributed by atoms with Crippen LogP contribution in [-0.4, -0.2) is 24.6 Å². The smallest absolute Gasteiger partial charge is 0.240 e. The Morgan fingerprint density at radius 3 is 2.42 bits per heavy atom. The summed E-state index contributed by atoms with van der Waals surface area (Å²) in [6, 6.07) is 8.09. The molecule has 3 N–H and O–H groups in total. The number of halogens is 1. The van der Waals surface area contributed by atoms with E-state index in [-0.39, 0.29) is 18.3 Å². The highest BCUT2D eigenvalue weighted by atomic mass is 35.5. The molecular weight excluding hydrogens is 324 g/mol. The van der Waals surface area contributed by atoms with E-state index in [4.69, 9.17) is 10.5 Å². The van der Waals surface area contributed by atoms with E-state index < -0.39 is 5.54 Å². The van der Waals surface area contributed by atoms with Gasteiger partial charge < -0.3 is 15.8 Å². The summed E-state index contributed by atoms with van der Waals surface area (Å²) in [7, 11) is 0. The number of nitrogens with one attached hydrogen (secondary N) is 1. The molecule has 0 aliphatic heterocycles. The molecule has 1 aliphatic carbocycles. The van der Waals surface area contributed by atoms with Gasteiger partial charge in [-0.1, -0.05) is 45.2 Å².